The molecule has 0 amide bonds. The Labute approximate surface area is 96.0 Å². The Hall–Kier alpha value is -0.940. The van der Waals surface area contributed by atoms with Crippen LogP contribution in [0.5, 0.6) is 0 Å². The summed E-state index contributed by atoms with van der Waals surface area (Å²) < 4.78 is 5.04. The summed E-state index contributed by atoms with van der Waals surface area (Å²) in [5.41, 5.74) is 5.88. The number of rotatable bonds is 3. The maximum Gasteiger partial charge on any atom is 0.223 e. The third-order valence-corrected chi connectivity index (χ3v) is 2.82. The zero-order chi connectivity index (χ0) is 11.8. The number of hydrogen-bond acceptors (Lipinski definition) is 5. The molecule has 0 aliphatic carbocycles. The number of likely N-dealkylation sites (tertiary alicyclic amines) is 1. The molecule has 2 heterocycles. The second kappa shape index (κ2) is 4.14. The van der Waals surface area contributed by atoms with Crippen molar-refractivity contribution in [1.29, 1.82) is 0 Å². The molecule has 1 aromatic heterocycles. The van der Waals surface area contributed by atoms with Crippen LogP contribution in [0.15, 0.2) is 4.52 Å². The van der Waals surface area contributed by atoms with Gasteiger partial charge in [-0.15, -0.1) is 0 Å². The monoisotopic (exact) mass is 224 g/mol. The highest BCUT2D eigenvalue weighted by molar-refractivity contribution is 4.98. The molecular weight excluding hydrogens is 204 g/mol. The molecule has 1 unspecified atom stereocenters. The minimum Gasteiger partial charge on any atom is -0.340 e. The Morgan fingerprint density at radius 1 is 1.56 bits per heavy atom. The van der Waals surface area contributed by atoms with Gasteiger partial charge in [0.05, 0.1) is 6.04 Å². The molecule has 0 saturated carbocycles. The summed E-state index contributed by atoms with van der Waals surface area (Å²) in [7, 11) is 0. The summed E-state index contributed by atoms with van der Waals surface area (Å²) in [6.45, 7) is 7.85. The fraction of sp³-hybridized carbons (Fsp3) is 0.818. The van der Waals surface area contributed by atoms with Crippen LogP contribution < -0.4 is 5.73 Å². The SMILES string of the molecule is Cc1nc(C2CCCN2CC(C)(C)N)no1. The van der Waals surface area contributed by atoms with Gasteiger partial charge >= 0.3 is 0 Å². The van der Waals surface area contributed by atoms with Gasteiger partial charge in [0.25, 0.3) is 0 Å². The second-order valence-corrected chi connectivity index (χ2v) is 5.29. The number of nitrogens with two attached hydrogens (primary N) is 1. The van der Waals surface area contributed by atoms with E-state index in [-0.39, 0.29) is 11.6 Å². The van der Waals surface area contributed by atoms with Crippen molar-refractivity contribution in [3.63, 3.8) is 0 Å². The minimum absolute atomic E-state index is 0.179. The highest BCUT2D eigenvalue weighted by Crippen LogP contribution is 2.30. The van der Waals surface area contributed by atoms with Crippen molar-refractivity contribution < 1.29 is 4.52 Å². The topological polar surface area (TPSA) is 68.2 Å². The Kier molecular flexibility index (Phi) is 2.99. The lowest BCUT2D eigenvalue weighted by atomic mass is 10.1. The lowest BCUT2D eigenvalue weighted by Gasteiger charge is -2.29. The number of aromatic nitrogens is 2. The maximum atomic E-state index is 6.05. The minimum atomic E-state index is -0.179. The third kappa shape index (κ3) is 2.59. The zero-order valence-corrected chi connectivity index (χ0v) is 10.2. The lowest BCUT2D eigenvalue weighted by molar-refractivity contribution is 0.201. The Bertz CT molecular complexity index is 355. The van der Waals surface area contributed by atoms with E-state index in [4.69, 9.17) is 10.3 Å². The average molecular weight is 224 g/mol. The van der Waals surface area contributed by atoms with E-state index in [1.54, 1.807) is 0 Å². The lowest BCUT2D eigenvalue weighted by Crippen LogP contribution is -2.45. The van der Waals surface area contributed by atoms with Gasteiger partial charge in [0, 0.05) is 19.0 Å². The Morgan fingerprint density at radius 3 is 2.88 bits per heavy atom. The summed E-state index contributed by atoms with van der Waals surface area (Å²) in [4.78, 5) is 6.66. The predicted octanol–water partition coefficient (Wildman–Crippen LogP) is 1.25. The van der Waals surface area contributed by atoms with E-state index in [1.807, 2.05) is 20.8 Å². The van der Waals surface area contributed by atoms with E-state index in [1.165, 1.54) is 6.42 Å². The summed E-state index contributed by atoms with van der Waals surface area (Å²) in [5.74, 6) is 1.44. The van der Waals surface area contributed by atoms with Crippen LogP contribution in [0.4, 0.5) is 0 Å². The first-order valence-electron chi connectivity index (χ1n) is 5.79. The Balaban J connectivity index is 2.09. The molecule has 0 radical (unpaired) electrons. The fourth-order valence-corrected chi connectivity index (χ4v) is 2.28. The van der Waals surface area contributed by atoms with E-state index in [0.29, 0.717) is 5.89 Å². The van der Waals surface area contributed by atoms with Crippen LogP contribution in [0.25, 0.3) is 0 Å². The summed E-state index contributed by atoms with van der Waals surface area (Å²) in [5, 5.41) is 4.01. The van der Waals surface area contributed by atoms with Crippen molar-refractivity contribution in [2.45, 2.75) is 45.2 Å². The molecule has 1 fully saturated rings. The van der Waals surface area contributed by atoms with Gasteiger partial charge < -0.3 is 10.3 Å². The van der Waals surface area contributed by atoms with Gasteiger partial charge in [-0.3, -0.25) is 4.90 Å². The van der Waals surface area contributed by atoms with Gasteiger partial charge in [-0.2, -0.15) is 4.98 Å². The molecule has 0 spiro atoms. The molecule has 0 bridgehead atoms. The van der Waals surface area contributed by atoms with Crippen LogP contribution in [-0.4, -0.2) is 33.7 Å². The van der Waals surface area contributed by atoms with Gasteiger partial charge in [-0.25, -0.2) is 0 Å². The Morgan fingerprint density at radius 2 is 2.31 bits per heavy atom. The summed E-state index contributed by atoms with van der Waals surface area (Å²) in [6.07, 6.45) is 2.27. The number of hydrogen-bond donors (Lipinski definition) is 1. The number of aryl methyl sites for hydroxylation is 1. The van der Waals surface area contributed by atoms with E-state index in [9.17, 15) is 0 Å². The quantitative estimate of drug-likeness (QED) is 0.837. The van der Waals surface area contributed by atoms with Crippen molar-refractivity contribution in [3.8, 4) is 0 Å². The molecule has 2 rings (SSSR count). The maximum absolute atomic E-state index is 6.05. The first-order chi connectivity index (χ1) is 7.46. The molecule has 5 nitrogen and oxygen atoms in total. The van der Waals surface area contributed by atoms with Crippen LogP contribution in [0, 0.1) is 6.92 Å². The molecule has 1 aliphatic rings. The highest BCUT2D eigenvalue weighted by Gasteiger charge is 2.32. The van der Waals surface area contributed by atoms with Crippen molar-refractivity contribution in [2.24, 2.45) is 5.73 Å². The van der Waals surface area contributed by atoms with Gasteiger partial charge in [0.2, 0.25) is 5.89 Å². The second-order valence-electron chi connectivity index (χ2n) is 5.29. The first kappa shape index (κ1) is 11.5. The van der Waals surface area contributed by atoms with Crippen molar-refractivity contribution >= 4 is 0 Å². The normalized spacial score (nSPS) is 22.9. The van der Waals surface area contributed by atoms with Crippen LogP contribution in [0.2, 0.25) is 0 Å². The van der Waals surface area contributed by atoms with Gasteiger partial charge in [-0.05, 0) is 33.2 Å². The molecular formula is C11H20N4O. The average Bonchev–Trinajstić information content (AvgIpc) is 2.71. The molecule has 5 heteroatoms. The summed E-state index contributed by atoms with van der Waals surface area (Å²) >= 11 is 0. The molecule has 0 aromatic carbocycles. The predicted molar refractivity (Wildman–Crippen MR) is 60.8 cm³/mol. The van der Waals surface area contributed by atoms with Crippen molar-refractivity contribution in [3.05, 3.63) is 11.7 Å². The van der Waals surface area contributed by atoms with E-state index in [0.717, 1.165) is 25.3 Å². The molecule has 1 saturated heterocycles. The highest BCUT2D eigenvalue weighted by atomic mass is 16.5. The summed E-state index contributed by atoms with van der Waals surface area (Å²) in [6, 6.07) is 0.278. The number of nitrogens with zero attached hydrogens (tertiary/aromatic N) is 3. The first-order valence-corrected chi connectivity index (χ1v) is 5.79. The largest absolute Gasteiger partial charge is 0.340 e. The van der Waals surface area contributed by atoms with E-state index in [2.05, 4.69) is 15.0 Å². The zero-order valence-electron chi connectivity index (χ0n) is 10.2. The fourth-order valence-electron chi connectivity index (χ4n) is 2.28. The van der Waals surface area contributed by atoms with Gasteiger partial charge in [0.1, 0.15) is 0 Å². The molecule has 2 N–H and O–H groups in total. The molecule has 1 aromatic rings. The van der Waals surface area contributed by atoms with Crippen LogP contribution in [0.3, 0.4) is 0 Å². The van der Waals surface area contributed by atoms with E-state index < -0.39 is 0 Å². The van der Waals surface area contributed by atoms with Gasteiger partial charge in [0.15, 0.2) is 5.82 Å². The van der Waals surface area contributed by atoms with Crippen molar-refractivity contribution in [1.82, 2.24) is 15.0 Å². The molecule has 90 valence electrons. The molecule has 1 atom stereocenters. The molecule has 16 heavy (non-hydrogen) atoms. The van der Waals surface area contributed by atoms with Crippen LogP contribution >= 0.6 is 0 Å². The standard InChI is InChI=1S/C11H20N4O/c1-8-13-10(14-16-8)9-5-4-6-15(9)7-11(2,3)12/h9H,4-7,12H2,1-3H3. The smallest absolute Gasteiger partial charge is 0.223 e. The van der Waals surface area contributed by atoms with Crippen molar-refractivity contribution in [2.75, 3.05) is 13.1 Å². The third-order valence-electron chi connectivity index (χ3n) is 2.82. The van der Waals surface area contributed by atoms with E-state index >= 15 is 0 Å². The van der Waals surface area contributed by atoms with Crippen LogP contribution in [-0.2, 0) is 0 Å². The van der Waals surface area contributed by atoms with Crippen LogP contribution in [0.1, 0.15) is 44.4 Å². The van der Waals surface area contributed by atoms with Gasteiger partial charge in [-0.1, -0.05) is 5.16 Å². The molecule has 1 aliphatic heterocycles.